The van der Waals surface area contributed by atoms with Crippen LogP contribution in [0.5, 0.6) is 0 Å². The van der Waals surface area contributed by atoms with Gasteiger partial charge in [-0.1, -0.05) is 36.2 Å². The number of nitrogens with one attached hydrogen (secondary N) is 1. The van der Waals surface area contributed by atoms with E-state index in [2.05, 4.69) is 5.32 Å². The molecular formula is C15H18ClNO2. The molecule has 3 atom stereocenters. The Morgan fingerprint density at radius 3 is 2.74 bits per heavy atom. The molecule has 0 saturated heterocycles. The quantitative estimate of drug-likeness (QED) is 0.890. The first kappa shape index (κ1) is 12.9. The Hall–Kier alpha value is -1.06. The fraction of sp³-hybridized carbons (Fsp3) is 0.533. The summed E-state index contributed by atoms with van der Waals surface area (Å²) >= 11 is 6.01. The number of fused-ring (bicyclic) bond motifs is 1. The maximum atomic E-state index is 12.0. The van der Waals surface area contributed by atoms with Crippen LogP contribution in [0.2, 0.25) is 5.02 Å². The van der Waals surface area contributed by atoms with Gasteiger partial charge in [0.05, 0.1) is 6.10 Å². The minimum absolute atomic E-state index is 0.0980. The molecule has 2 N–H and O–H groups in total. The molecule has 0 aromatic heterocycles. The van der Waals surface area contributed by atoms with E-state index in [0.29, 0.717) is 22.4 Å². The van der Waals surface area contributed by atoms with E-state index in [4.69, 9.17) is 11.6 Å². The van der Waals surface area contributed by atoms with Gasteiger partial charge in [0.25, 0.3) is 0 Å². The molecule has 0 radical (unpaired) electrons. The van der Waals surface area contributed by atoms with Crippen LogP contribution in [0.25, 0.3) is 0 Å². The summed E-state index contributed by atoms with van der Waals surface area (Å²) in [6, 6.07) is 7.18. The number of aliphatic hydroxyl groups excluding tert-OH is 1. The summed E-state index contributed by atoms with van der Waals surface area (Å²) in [5.74, 6) is 1.52. The Morgan fingerprint density at radius 1 is 1.37 bits per heavy atom. The maximum Gasteiger partial charge on any atom is 0.223 e. The smallest absolute Gasteiger partial charge is 0.223 e. The summed E-state index contributed by atoms with van der Waals surface area (Å²) < 4.78 is 0. The van der Waals surface area contributed by atoms with Gasteiger partial charge in [-0.2, -0.15) is 0 Å². The third kappa shape index (κ3) is 2.49. The minimum atomic E-state index is -0.740. The van der Waals surface area contributed by atoms with Gasteiger partial charge < -0.3 is 10.4 Å². The zero-order valence-corrected chi connectivity index (χ0v) is 11.4. The Bertz CT molecular complexity index is 481. The molecule has 3 unspecified atom stereocenters. The van der Waals surface area contributed by atoms with E-state index < -0.39 is 6.10 Å². The van der Waals surface area contributed by atoms with Gasteiger partial charge in [-0.15, -0.1) is 0 Å². The first-order chi connectivity index (χ1) is 9.18. The molecule has 2 aliphatic carbocycles. The van der Waals surface area contributed by atoms with Crippen LogP contribution in [-0.4, -0.2) is 17.6 Å². The molecule has 4 heteroatoms. The van der Waals surface area contributed by atoms with Gasteiger partial charge in [-0.05, 0) is 30.7 Å². The van der Waals surface area contributed by atoms with Gasteiger partial charge in [0.15, 0.2) is 0 Å². The van der Waals surface area contributed by atoms with Crippen molar-refractivity contribution in [2.75, 3.05) is 6.54 Å². The molecule has 0 spiro atoms. The van der Waals surface area contributed by atoms with E-state index in [0.717, 1.165) is 0 Å². The third-order valence-electron chi connectivity index (χ3n) is 4.44. The number of amides is 1. The summed E-state index contributed by atoms with van der Waals surface area (Å²) in [4.78, 5) is 12.0. The molecule has 1 aromatic rings. The molecule has 0 aliphatic heterocycles. The largest absolute Gasteiger partial charge is 0.387 e. The molecule has 3 nitrogen and oxygen atoms in total. The van der Waals surface area contributed by atoms with Crippen LogP contribution < -0.4 is 5.32 Å². The maximum absolute atomic E-state index is 12.0. The fourth-order valence-electron chi connectivity index (χ4n) is 3.38. The Kier molecular flexibility index (Phi) is 3.50. The van der Waals surface area contributed by atoms with Gasteiger partial charge in [0.2, 0.25) is 5.91 Å². The molecule has 2 saturated carbocycles. The van der Waals surface area contributed by atoms with Crippen molar-refractivity contribution in [2.45, 2.75) is 25.4 Å². The zero-order chi connectivity index (χ0) is 13.4. The number of aliphatic hydroxyl groups is 1. The lowest BCUT2D eigenvalue weighted by molar-refractivity contribution is -0.123. The standard InChI is InChI=1S/C15H18ClNO2/c16-12-7-2-1-4-11(12)13(18)8-17-15(19)14-9-5-3-6-10(9)14/h1-2,4,7,9-10,13-14,18H,3,5-6,8H2,(H,17,19). The van der Waals surface area contributed by atoms with Gasteiger partial charge in [0, 0.05) is 23.0 Å². The van der Waals surface area contributed by atoms with Gasteiger partial charge >= 0.3 is 0 Å². The molecule has 1 aromatic carbocycles. The Balaban J connectivity index is 1.52. The summed E-state index contributed by atoms with van der Waals surface area (Å²) in [6.07, 6.45) is 2.91. The second kappa shape index (κ2) is 5.14. The van der Waals surface area contributed by atoms with E-state index in [1.807, 2.05) is 12.1 Å². The van der Waals surface area contributed by atoms with Crippen molar-refractivity contribution in [3.05, 3.63) is 34.9 Å². The normalized spacial score (nSPS) is 29.7. The van der Waals surface area contributed by atoms with Gasteiger partial charge in [-0.25, -0.2) is 0 Å². The van der Waals surface area contributed by atoms with E-state index >= 15 is 0 Å². The Labute approximate surface area is 118 Å². The van der Waals surface area contributed by atoms with Crippen LogP contribution in [0.15, 0.2) is 24.3 Å². The number of rotatable bonds is 4. The topological polar surface area (TPSA) is 49.3 Å². The number of halogens is 1. The highest BCUT2D eigenvalue weighted by atomic mass is 35.5. The molecule has 0 heterocycles. The predicted octanol–water partition coefficient (Wildman–Crippen LogP) is 2.54. The average molecular weight is 280 g/mol. The lowest BCUT2D eigenvalue weighted by atomic mass is 10.1. The molecule has 2 fully saturated rings. The second-order valence-electron chi connectivity index (χ2n) is 5.57. The van der Waals surface area contributed by atoms with Crippen LogP contribution in [0.1, 0.15) is 30.9 Å². The van der Waals surface area contributed by atoms with Crippen molar-refractivity contribution in [3.63, 3.8) is 0 Å². The lowest BCUT2D eigenvalue weighted by Crippen LogP contribution is -2.30. The molecule has 0 bridgehead atoms. The molecular weight excluding hydrogens is 262 g/mol. The van der Waals surface area contributed by atoms with E-state index in [-0.39, 0.29) is 18.4 Å². The fourth-order valence-corrected chi connectivity index (χ4v) is 3.64. The van der Waals surface area contributed by atoms with Crippen molar-refractivity contribution in [2.24, 2.45) is 17.8 Å². The van der Waals surface area contributed by atoms with E-state index in [1.54, 1.807) is 12.1 Å². The van der Waals surface area contributed by atoms with Gasteiger partial charge in [-0.3, -0.25) is 4.79 Å². The SMILES string of the molecule is O=C(NCC(O)c1ccccc1Cl)C1C2CCCC21. The predicted molar refractivity (Wildman–Crippen MR) is 73.7 cm³/mol. The highest BCUT2D eigenvalue weighted by molar-refractivity contribution is 6.31. The zero-order valence-electron chi connectivity index (χ0n) is 10.7. The highest BCUT2D eigenvalue weighted by Gasteiger charge is 2.56. The second-order valence-corrected chi connectivity index (χ2v) is 5.97. The number of hydrogen-bond acceptors (Lipinski definition) is 2. The first-order valence-electron chi connectivity index (χ1n) is 6.88. The van der Waals surface area contributed by atoms with Gasteiger partial charge in [0.1, 0.15) is 0 Å². The molecule has 1 amide bonds. The number of carbonyl (C=O) groups excluding carboxylic acids is 1. The van der Waals surface area contributed by atoms with Crippen molar-refractivity contribution in [1.29, 1.82) is 0 Å². The van der Waals surface area contributed by atoms with Crippen molar-refractivity contribution >= 4 is 17.5 Å². The number of hydrogen-bond donors (Lipinski definition) is 2. The average Bonchev–Trinajstić information content (AvgIpc) is 2.89. The van der Waals surface area contributed by atoms with Crippen LogP contribution in [0.3, 0.4) is 0 Å². The van der Waals surface area contributed by atoms with E-state index in [1.165, 1.54) is 19.3 Å². The number of benzene rings is 1. The van der Waals surface area contributed by atoms with Crippen LogP contribution in [-0.2, 0) is 4.79 Å². The minimum Gasteiger partial charge on any atom is -0.387 e. The lowest BCUT2D eigenvalue weighted by Gasteiger charge is -2.14. The van der Waals surface area contributed by atoms with E-state index in [9.17, 15) is 9.90 Å². The summed E-state index contributed by atoms with van der Waals surface area (Å²) in [7, 11) is 0. The molecule has 2 aliphatic rings. The first-order valence-corrected chi connectivity index (χ1v) is 7.26. The monoisotopic (exact) mass is 279 g/mol. The van der Waals surface area contributed by atoms with Crippen molar-refractivity contribution in [1.82, 2.24) is 5.32 Å². The highest BCUT2D eigenvalue weighted by Crippen LogP contribution is 2.57. The molecule has 102 valence electrons. The molecule has 19 heavy (non-hydrogen) atoms. The Morgan fingerprint density at radius 2 is 2.05 bits per heavy atom. The third-order valence-corrected chi connectivity index (χ3v) is 4.79. The number of carbonyl (C=O) groups is 1. The van der Waals surface area contributed by atoms with Crippen molar-refractivity contribution in [3.8, 4) is 0 Å². The van der Waals surface area contributed by atoms with Crippen LogP contribution in [0.4, 0.5) is 0 Å². The summed E-state index contributed by atoms with van der Waals surface area (Å²) in [6.45, 7) is 0.235. The van der Waals surface area contributed by atoms with Crippen LogP contribution in [0, 0.1) is 17.8 Å². The molecule has 3 rings (SSSR count). The van der Waals surface area contributed by atoms with Crippen LogP contribution >= 0.6 is 11.6 Å². The summed E-state index contributed by atoms with van der Waals surface area (Å²) in [5.41, 5.74) is 0.667. The summed E-state index contributed by atoms with van der Waals surface area (Å²) in [5, 5.41) is 13.4. The van der Waals surface area contributed by atoms with Crippen molar-refractivity contribution < 1.29 is 9.90 Å².